The molecule has 0 aliphatic rings. The van der Waals surface area contributed by atoms with Gasteiger partial charge in [0.25, 0.3) is 5.91 Å². The number of aryl methyl sites for hydroxylation is 1. The van der Waals surface area contributed by atoms with Crippen molar-refractivity contribution in [3.05, 3.63) is 63.5 Å². The lowest BCUT2D eigenvalue weighted by atomic mass is 10.0. The second kappa shape index (κ2) is 8.92. The summed E-state index contributed by atoms with van der Waals surface area (Å²) >= 11 is 7.74. The number of halogens is 1. The molecule has 6 nitrogen and oxygen atoms in total. The van der Waals surface area contributed by atoms with Crippen LogP contribution in [-0.2, 0) is 0 Å². The minimum atomic E-state index is -0.187. The summed E-state index contributed by atoms with van der Waals surface area (Å²) in [5, 5.41) is 8.89. The Kier molecular flexibility index (Phi) is 6.36. The Morgan fingerprint density at radius 2 is 2.11 bits per heavy atom. The van der Waals surface area contributed by atoms with Gasteiger partial charge >= 0.3 is 0 Å². The third-order valence-corrected chi connectivity index (χ3v) is 5.01. The second-order valence-corrected chi connectivity index (χ2v) is 7.37. The average Bonchev–Trinajstić information content (AvgIpc) is 3.20. The predicted octanol–water partition coefficient (Wildman–Crippen LogP) is 4.91. The maximum absolute atomic E-state index is 12.3. The number of carbonyl (C=O) groups excluding carboxylic acids is 1. The van der Waals surface area contributed by atoms with Crippen LogP contribution in [0.5, 0.6) is 0 Å². The minimum Gasteiger partial charge on any atom is -0.343 e. The van der Waals surface area contributed by atoms with E-state index in [1.807, 2.05) is 25.1 Å². The molecule has 0 saturated heterocycles. The van der Waals surface area contributed by atoms with Crippen molar-refractivity contribution in [3.8, 4) is 0 Å². The summed E-state index contributed by atoms with van der Waals surface area (Å²) in [7, 11) is 0. The van der Waals surface area contributed by atoms with Crippen molar-refractivity contribution in [2.24, 2.45) is 0 Å². The molecule has 8 heteroatoms. The van der Waals surface area contributed by atoms with Gasteiger partial charge in [-0.1, -0.05) is 24.9 Å². The molecule has 0 aliphatic heterocycles. The van der Waals surface area contributed by atoms with Crippen LogP contribution in [0.25, 0.3) is 0 Å². The van der Waals surface area contributed by atoms with E-state index >= 15 is 0 Å². The maximum Gasteiger partial charge on any atom is 0.280 e. The maximum atomic E-state index is 12.3. The van der Waals surface area contributed by atoms with Crippen molar-refractivity contribution < 1.29 is 4.79 Å². The largest absolute Gasteiger partial charge is 0.343 e. The highest BCUT2D eigenvalue weighted by atomic mass is 35.5. The van der Waals surface area contributed by atoms with Crippen molar-refractivity contribution in [3.63, 3.8) is 0 Å². The van der Waals surface area contributed by atoms with E-state index in [-0.39, 0.29) is 11.9 Å². The lowest BCUT2D eigenvalue weighted by molar-refractivity contribution is 0.0934. The molecule has 0 saturated carbocycles. The quantitative estimate of drug-likeness (QED) is 0.588. The van der Waals surface area contributed by atoms with Crippen molar-refractivity contribution in [1.29, 1.82) is 0 Å². The molecule has 0 aliphatic carbocycles. The molecule has 140 valence electrons. The van der Waals surface area contributed by atoms with Crippen LogP contribution in [0.1, 0.15) is 46.9 Å². The Bertz CT molecular complexity index is 899. The number of thiazole rings is 1. The minimum absolute atomic E-state index is 0.175. The summed E-state index contributed by atoms with van der Waals surface area (Å²) in [5.41, 5.74) is 2.61. The van der Waals surface area contributed by atoms with E-state index in [0.29, 0.717) is 15.8 Å². The highest BCUT2D eigenvalue weighted by Gasteiger charge is 2.18. The van der Waals surface area contributed by atoms with Crippen molar-refractivity contribution >= 4 is 40.4 Å². The first kappa shape index (κ1) is 19.3. The average molecular weight is 402 g/mol. The fourth-order valence-electron chi connectivity index (χ4n) is 2.58. The molecule has 3 aromatic heterocycles. The number of nitrogens with one attached hydrogen (secondary N) is 2. The molecule has 0 fully saturated rings. The summed E-state index contributed by atoms with van der Waals surface area (Å²) in [6.07, 6.45) is 6.78. The van der Waals surface area contributed by atoms with Crippen LogP contribution in [-0.4, -0.2) is 20.9 Å². The number of anilines is 2. The van der Waals surface area contributed by atoms with Crippen molar-refractivity contribution in [1.82, 2.24) is 20.3 Å². The number of nitrogens with zero attached hydrogens (tertiary/aromatic N) is 3. The zero-order valence-electron chi connectivity index (χ0n) is 15.1. The van der Waals surface area contributed by atoms with E-state index in [4.69, 9.17) is 11.6 Å². The molecule has 0 radical (unpaired) electrons. The van der Waals surface area contributed by atoms with Crippen molar-refractivity contribution in [2.75, 3.05) is 5.32 Å². The van der Waals surface area contributed by atoms with E-state index in [0.717, 1.165) is 29.8 Å². The first-order valence-corrected chi connectivity index (χ1v) is 9.88. The molecule has 0 aromatic carbocycles. The molecule has 2 N–H and O–H groups in total. The van der Waals surface area contributed by atoms with Crippen LogP contribution in [0.3, 0.4) is 0 Å². The summed E-state index contributed by atoms with van der Waals surface area (Å²) < 4.78 is 0. The molecule has 27 heavy (non-hydrogen) atoms. The van der Waals surface area contributed by atoms with Gasteiger partial charge in [-0.3, -0.25) is 9.78 Å². The van der Waals surface area contributed by atoms with Gasteiger partial charge in [-0.15, -0.1) is 11.3 Å². The number of pyridine rings is 2. The highest BCUT2D eigenvalue weighted by molar-refractivity contribution is 7.11. The van der Waals surface area contributed by atoms with E-state index in [1.165, 1.54) is 11.3 Å². The summed E-state index contributed by atoms with van der Waals surface area (Å²) in [5.74, 6) is 0.361. The standard InChI is InChI=1S/C19H20ClN5OS/c1-3-4-16(25-18(26)19-21-7-8-27-19)13-9-15(20)17(23-10-13)24-14-6-5-12(2)22-11-14/h5-11,16H,3-4H2,1-2H3,(H,23,24)(H,25,26). The Hall–Kier alpha value is -2.51. The van der Waals surface area contributed by atoms with E-state index < -0.39 is 0 Å². The van der Waals surface area contributed by atoms with Gasteiger partial charge in [0, 0.05) is 23.5 Å². The number of hydrogen-bond donors (Lipinski definition) is 2. The monoisotopic (exact) mass is 401 g/mol. The van der Waals surface area contributed by atoms with E-state index in [2.05, 4.69) is 32.5 Å². The van der Waals surface area contributed by atoms with Gasteiger partial charge in [0.2, 0.25) is 0 Å². The Morgan fingerprint density at radius 3 is 2.74 bits per heavy atom. The molecule has 1 atom stereocenters. The first-order valence-electron chi connectivity index (χ1n) is 8.62. The summed E-state index contributed by atoms with van der Waals surface area (Å²) in [6, 6.07) is 5.49. The molecule has 3 aromatic rings. The fourth-order valence-corrected chi connectivity index (χ4v) is 3.34. The Labute approximate surface area is 167 Å². The third kappa shape index (κ3) is 5.02. The van der Waals surface area contributed by atoms with Gasteiger partial charge < -0.3 is 10.6 Å². The third-order valence-electron chi connectivity index (χ3n) is 3.95. The first-order chi connectivity index (χ1) is 13.1. The van der Waals surface area contributed by atoms with Crippen LogP contribution < -0.4 is 10.6 Å². The van der Waals surface area contributed by atoms with Crippen LogP contribution >= 0.6 is 22.9 Å². The van der Waals surface area contributed by atoms with Gasteiger partial charge in [0.1, 0.15) is 5.82 Å². The molecule has 1 unspecified atom stereocenters. The van der Waals surface area contributed by atoms with Gasteiger partial charge in [-0.2, -0.15) is 0 Å². The van der Waals surface area contributed by atoms with Gasteiger partial charge in [0.05, 0.1) is 22.9 Å². The Morgan fingerprint density at radius 1 is 1.26 bits per heavy atom. The molecular formula is C19H20ClN5OS. The Balaban J connectivity index is 1.76. The van der Waals surface area contributed by atoms with Gasteiger partial charge in [0.15, 0.2) is 5.01 Å². The zero-order chi connectivity index (χ0) is 19.2. The molecular weight excluding hydrogens is 382 g/mol. The summed E-state index contributed by atoms with van der Waals surface area (Å²) in [4.78, 5) is 25.1. The van der Waals surface area contributed by atoms with Crippen LogP contribution in [0, 0.1) is 6.92 Å². The van der Waals surface area contributed by atoms with Crippen LogP contribution in [0.4, 0.5) is 11.5 Å². The normalized spacial score (nSPS) is 11.8. The number of carbonyl (C=O) groups is 1. The topological polar surface area (TPSA) is 79.8 Å². The number of amides is 1. The second-order valence-electron chi connectivity index (χ2n) is 6.06. The smallest absolute Gasteiger partial charge is 0.280 e. The van der Waals surface area contributed by atoms with Crippen LogP contribution in [0.2, 0.25) is 5.02 Å². The molecule has 0 spiro atoms. The lowest BCUT2D eigenvalue weighted by Crippen LogP contribution is -2.28. The molecule has 1 amide bonds. The highest BCUT2D eigenvalue weighted by Crippen LogP contribution is 2.28. The van der Waals surface area contributed by atoms with Crippen LogP contribution in [0.15, 0.2) is 42.2 Å². The fraction of sp³-hybridized carbons (Fsp3) is 0.263. The number of aromatic nitrogens is 3. The number of hydrogen-bond acceptors (Lipinski definition) is 6. The van der Waals surface area contributed by atoms with Gasteiger partial charge in [-0.25, -0.2) is 9.97 Å². The van der Waals surface area contributed by atoms with Gasteiger partial charge in [-0.05, 0) is 37.1 Å². The molecule has 3 heterocycles. The zero-order valence-corrected chi connectivity index (χ0v) is 16.6. The molecule has 0 bridgehead atoms. The van der Waals surface area contributed by atoms with Crippen molar-refractivity contribution in [2.45, 2.75) is 32.7 Å². The lowest BCUT2D eigenvalue weighted by Gasteiger charge is -2.19. The molecule has 3 rings (SSSR count). The SMILES string of the molecule is CCCC(NC(=O)c1nccs1)c1cnc(Nc2ccc(C)nc2)c(Cl)c1. The van der Waals surface area contributed by atoms with E-state index in [1.54, 1.807) is 24.0 Å². The van der Waals surface area contributed by atoms with E-state index in [9.17, 15) is 4.79 Å². The number of rotatable bonds is 7. The summed E-state index contributed by atoms with van der Waals surface area (Å²) in [6.45, 7) is 4.00. The predicted molar refractivity (Wildman–Crippen MR) is 109 cm³/mol.